The quantitative estimate of drug-likeness (QED) is 0.286. The first kappa shape index (κ1) is 28.2. The number of sulfonamides is 1. The molecule has 2 aromatic carbocycles. The second-order valence-corrected chi connectivity index (χ2v) is 12.5. The van der Waals surface area contributed by atoms with E-state index in [1.165, 1.54) is 4.31 Å². The molecule has 3 N–H and O–H groups in total. The summed E-state index contributed by atoms with van der Waals surface area (Å²) in [5.74, 6) is -2.80. The second kappa shape index (κ2) is 11.9. The molecular formula is C25H24Cl2N2O7S2. The van der Waals surface area contributed by atoms with Gasteiger partial charge in [0, 0.05) is 29.8 Å². The lowest BCUT2D eigenvalue weighted by molar-refractivity contribution is -0.139. The fourth-order valence-corrected chi connectivity index (χ4v) is 7.34. The number of rotatable bonds is 10. The Morgan fingerprint density at radius 3 is 2.45 bits per heavy atom. The molecule has 0 unspecified atom stereocenters. The van der Waals surface area contributed by atoms with Crippen LogP contribution in [0.1, 0.15) is 28.1 Å². The highest BCUT2D eigenvalue weighted by Gasteiger charge is 2.29. The van der Waals surface area contributed by atoms with Gasteiger partial charge in [-0.05, 0) is 48.2 Å². The van der Waals surface area contributed by atoms with Gasteiger partial charge in [0.2, 0.25) is 10.0 Å². The van der Waals surface area contributed by atoms with E-state index in [2.05, 4.69) is 5.32 Å². The molecule has 0 spiro atoms. The Labute approximate surface area is 233 Å². The van der Waals surface area contributed by atoms with E-state index in [9.17, 15) is 23.1 Å². The molecule has 1 aliphatic rings. The summed E-state index contributed by atoms with van der Waals surface area (Å²) in [7, 11) is -3.48. The van der Waals surface area contributed by atoms with Crippen LogP contribution in [-0.2, 0) is 20.6 Å². The molecule has 0 bridgehead atoms. The van der Waals surface area contributed by atoms with Gasteiger partial charge >= 0.3 is 11.9 Å². The summed E-state index contributed by atoms with van der Waals surface area (Å²) in [5.41, 5.74) is 2.04. The molecule has 1 aromatic heterocycles. The van der Waals surface area contributed by atoms with Crippen molar-refractivity contribution in [3.63, 3.8) is 0 Å². The summed E-state index contributed by atoms with van der Waals surface area (Å²) < 4.78 is 32.4. The molecule has 3 aromatic rings. The highest BCUT2D eigenvalue weighted by atomic mass is 35.5. The van der Waals surface area contributed by atoms with Crippen molar-refractivity contribution in [2.75, 3.05) is 25.0 Å². The molecule has 0 radical (unpaired) electrons. The maximum absolute atomic E-state index is 12.9. The minimum atomic E-state index is -3.48. The number of benzene rings is 2. The van der Waals surface area contributed by atoms with Gasteiger partial charge in [-0.25, -0.2) is 22.3 Å². The van der Waals surface area contributed by atoms with Gasteiger partial charge in [-0.1, -0.05) is 47.5 Å². The summed E-state index contributed by atoms with van der Waals surface area (Å²) in [6, 6.07) is 14.1. The fourth-order valence-electron chi connectivity index (χ4n) is 4.18. The normalized spacial score (nSPS) is 14.8. The molecule has 9 nitrogen and oxygen atoms in total. The fraction of sp³-hybridized carbons (Fsp3) is 0.280. The molecule has 1 fully saturated rings. The molecule has 202 valence electrons. The van der Waals surface area contributed by atoms with Crippen LogP contribution >= 0.6 is 34.5 Å². The summed E-state index contributed by atoms with van der Waals surface area (Å²) >= 11 is 13.3. The van der Waals surface area contributed by atoms with Gasteiger partial charge in [0.1, 0.15) is 5.02 Å². The number of aliphatic carboxylic acids is 1. The molecule has 4 rings (SSSR count). The van der Waals surface area contributed by atoms with Gasteiger partial charge in [0.15, 0.2) is 17.2 Å². The number of piperidine rings is 1. The Morgan fingerprint density at radius 2 is 1.79 bits per heavy atom. The van der Waals surface area contributed by atoms with Gasteiger partial charge in [0.25, 0.3) is 0 Å². The lowest BCUT2D eigenvalue weighted by atomic mass is 10.1. The summed E-state index contributed by atoms with van der Waals surface area (Å²) in [4.78, 5) is 22.8. The maximum atomic E-state index is 12.9. The third-order valence-electron chi connectivity index (χ3n) is 5.92. The molecule has 13 heteroatoms. The van der Waals surface area contributed by atoms with Crippen molar-refractivity contribution in [1.82, 2.24) is 4.31 Å². The topological polar surface area (TPSA) is 133 Å². The van der Waals surface area contributed by atoms with E-state index in [1.54, 1.807) is 36.4 Å². The molecule has 0 saturated carbocycles. The second-order valence-electron chi connectivity index (χ2n) is 8.68. The Morgan fingerprint density at radius 1 is 1.08 bits per heavy atom. The zero-order valence-electron chi connectivity index (χ0n) is 19.9. The van der Waals surface area contributed by atoms with Crippen molar-refractivity contribution in [1.29, 1.82) is 0 Å². The van der Waals surface area contributed by atoms with Crippen LogP contribution in [0.2, 0.25) is 10.0 Å². The number of thiophene rings is 1. The number of hydrogen-bond donors (Lipinski definition) is 3. The number of carbonyl (C=O) groups is 2. The molecule has 1 aliphatic heterocycles. The van der Waals surface area contributed by atoms with Gasteiger partial charge in [0.05, 0.1) is 10.6 Å². The molecule has 0 aliphatic carbocycles. The van der Waals surface area contributed by atoms with Crippen molar-refractivity contribution in [3.05, 3.63) is 69.0 Å². The van der Waals surface area contributed by atoms with Crippen LogP contribution in [-0.4, -0.2) is 60.6 Å². The van der Waals surface area contributed by atoms with Gasteiger partial charge in [-0.2, -0.15) is 0 Å². The Hall–Kier alpha value is -2.83. The highest BCUT2D eigenvalue weighted by Crippen LogP contribution is 2.46. The summed E-state index contributed by atoms with van der Waals surface area (Å²) in [6.45, 7) is 0.0395. The van der Waals surface area contributed by atoms with Gasteiger partial charge < -0.3 is 20.3 Å². The van der Waals surface area contributed by atoms with E-state index in [1.807, 2.05) is 12.1 Å². The molecule has 1 saturated heterocycles. The number of carboxylic acid groups (broad SMARTS) is 2. The molecule has 0 atom stereocenters. The maximum Gasteiger partial charge on any atom is 0.349 e. The van der Waals surface area contributed by atoms with Crippen LogP contribution in [0.4, 0.5) is 5.69 Å². The van der Waals surface area contributed by atoms with Crippen LogP contribution in [0.15, 0.2) is 48.5 Å². The first-order valence-corrected chi connectivity index (χ1v) is 14.7. The number of ether oxygens (including phenoxy) is 1. The van der Waals surface area contributed by atoms with Crippen molar-refractivity contribution in [2.45, 2.75) is 24.6 Å². The third kappa shape index (κ3) is 6.78. The number of carboxylic acids is 2. The van der Waals surface area contributed by atoms with Crippen LogP contribution < -0.4 is 10.1 Å². The average Bonchev–Trinajstić information content (AvgIpc) is 3.19. The number of hydrogen-bond acceptors (Lipinski definition) is 7. The van der Waals surface area contributed by atoms with Gasteiger partial charge in [-0.3, -0.25) is 0 Å². The lowest BCUT2D eigenvalue weighted by Crippen LogP contribution is -2.42. The third-order valence-corrected chi connectivity index (χ3v) is 9.69. The first-order valence-electron chi connectivity index (χ1n) is 11.5. The highest BCUT2D eigenvalue weighted by molar-refractivity contribution is 7.88. The molecule has 38 heavy (non-hydrogen) atoms. The predicted molar refractivity (Wildman–Crippen MR) is 147 cm³/mol. The van der Waals surface area contributed by atoms with Crippen molar-refractivity contribution < 1.29 is 33.0 Å². The van der Waals surface area contributed by atoms with Crippen LogP contribution in [0.5, 0.6) is 5.75 Å². The average molecular weight is 600 g/mol. The van der Waals surface area contributed by atoms with Crippen molar-refractivity contribution >= 4 is 62.2 Å². The molecule has 2 heterocycles. The van der Waals surface area contributed by atoms with E-state index in [-0.39, 0.29) is 27.4 Å². The smallest absolute Gasteiger partial charge is 0.349 e. The van der Waals surface area contributed by atoms with Crippen molar-refractivity contribution in [2.24, 2.45) is 0 Å². The first-order chi connectivity index (χ1) is 18.0. The number of nitrogens with zero attached hydrogens (tertiary/aromatic N) is 1. The van der Waals surface area contributed by atoms with Crippen LogP contribution in [0.25, 0.3) is 10.4 Å². The standard InChI is InChI=1S/C25H24Cl2N2O7S2/c26-17-5-1-3-15(11-17)14-38(34,35)29-9-7-18(8-10-29)28-19-6-2-4-16(12-19)23-21(27)22(36-13-20(30)31)24(37-23)25(32)33/h1-6,11-12,18,28H,7-10,13-14H2,(H,30,31)(H,32,33). The summed E-state index contributed by atoms with van der Waals surface area (Å²) in [5, 5.41) is 22.4. The number of aromatic carboxylic acids is 1. The van der Waals surface area contributed by atoms with E-state index < -0.39 is 28.6 Å². The van der Waals surface area contributed by atoms with Gasteiger partial charge in [-0.15, -0.1) is 11.3 Å². The predicted octanol–water partition coefficient (Wildman–Crippen LogP) is 5.29. The molecule has 0 amide bonds. The Kier molecular flexibility index (Phi) is 8.84. The molecular weight excluding hydrogens is 575 g/mol. The largest absolute Gasteiger partial charge is 0.479 e. The Bertz CT molecular complexity index is 1450. The minimum Gasteiger partial charge on any atom is -0.479 e. The summed E-state index contributed by atoms with van der Waals surface area (Å²) in [6.07, 6.45) is 1.21. The van der Waals surface area contributed by atoms with E-state index in [4.69, 9.17) is 33.0 Å². The number of nitrogens with one attached hydrogen (secondary N) is 1. The van der Waals surface area contributed by atoms with E-state index in [0.29, 0.717) is 47.0 Å². The monoisotopic (exact) mass is 598 g/mol. The van der Waals surface area contributed by atoms with Crippen LogP contribution in [0, 0.1) is 0 Å². The van der Waals surface area contributed by atoms with E-state index >= 15 is 0 Å². The van der Waals surface area contributed by atoms with Crippen LogP contribution in [0.3, 0.4) is 0 Å². The minimum absolute atomic E-state index is 0.0315. The number of anilines is 1. The zero-order chi connectivity index (χ0) is 27.4. The zero-order valence-corrected chi connectivity index (χ0v) is 23.0. The Balaban J connectivity index is 1.43. The SMILES string of the molecule is O=C(O)COc1c(C(=O)O)sc(-c2cccc(NC3CCN(S(=O)(=O)Cc4cccc(Cl)c4)CC3)c2)c1Cl. The lowest BCUT2D eigenvalue weighted by Gasteiger charge is -2.32. The number of halogens is 2. The van der Waals surface area contributed by atoms with E-state index in [0.717, 1.165) is 17.0 Å². The van der Waals surface area contributed by atoms with Crippen molar-refractivity contribution in [3.8, 4) is 16.2 Å².